The number of hydrogen-bond donors (Lipinski definition) is 3. The number of hydrogen-bond acceptors (Lipinski definition) is 3. The van der Waals surface area contributed by atoms with Crippen molar-refractivity contribution >= 4 is 16.9 Å². The molecule has 2 unspecified atom stereocenters. The largest absolute Gasteiger partial charge is 0.353 e. The third kappa shape index (κ3) is 3.11. The number of aromatic amines is 1. The fourth-order valence-corrected chi connectivity index (χ4v) is 4.05. The lowest BCUT2D eigenvalue weighted by molar-refractivity contribution is -0.122. The molecule has 2 aliphatic rings. The van der Waals surface area contributed by atoms with Gasteiger partial charge in [0.2, 0.25) is 5.91 Å². The Morgan fingerprint density at radius 1 is 1.30 bits per heavy atom. The average molecular weight is 312 g/mol. The summed E-state index contributed by atoms with van der Waals surface area (Å²) in [5.74, 6) is 1.04. The number of amides is 1. The van der Waals surface area contributed by atoms with Gasteiger partial charge in [0, 0.05) is 31.0 Å². The summed E-state index contributed by atoms with van der Waals surface area (Å²) >= 11 is 0. The van der Waals surface area contributed by atoms with Crippen LogP contribution in [-0.2, 0) is 11.2 Å². The number of nitrogens with zero attached hydrogens (tertiary/aromatic N) is 1. The van der Waals surface area contributed by atoms with Crippen LogP contribution in [0.2, 0.25) is 0 Å². The standard InChI is InChI=1S/C18H24N4O/c1-11-3-2-4-15-18(11)22-16(21-15)7-8-17(23)20-14-9-12-5-6-13(10-14)19-12/h2-4,12-14,19H,5-10H2,1H3,(H,20,23)(H,21,22). The Balaban J connectivity index is 1.33. The highest BCUT2D eigenvalue weighted by Crippen LogP contribution is 2.26. The van der Waals surface area contributed by atoms with Gasteiger partial charge < -0.3 is 15.6 Å². The zero-order chi connectivity index (χ0) is 15.8. The first-order chi connectivity index (χ1) is 11.2. The zero-order valence-corrected chi connectivity index (χ0v) is 13.6. The minimum absolute atomic E-state index is 0.147. The van der Waals surface area contributed by atoms with E-state index in [1.54, 1.807) is 0 Å². The summed E-state index contributed by atoms with van der Waals surface area (Å²) in [6.07, 6.45) is 5.83. The number of aromatic nitrogens is 2. The molecular formula is C18H24N4O. The molecule has 122 valence electrons. The van der Waals surface area contributed by atoms with E-state index in [0.717, 1.165) is 29.7 Å². The van der Waals surface area contributed by atoms with Crippen molar-refractivity contribution < 1.29 is 4.79 Å². The summed E-state index contributed by atoms with van der Waals surface area (Å²) in [5.41, 5.74) is 3.23. The van der Waals surface area contributed by atoms with Gasteiger partial charge >= 0.3 is 0 Å². The predicted molar refractivity (Wildman–Crippen MR) is 90.3 cm³/mol. The van der Waals surface area contributed by atoms with Crippen LogP contribution in [0.5, 0.6) is 0 Å². The molecule has 3 heterocycles. The first-order valence-corrected chi connectivity index (χ1v) is 8.67. The number of aryl methyl sites for hydroxylation is 2. The maximum atomic E-state index is 12.2. The van der Waals surface area contributed by atoms with Crippen molar-refractivity contribution in [1.82, 2.24) is 20.6 Å². The topological polar surface area (TPSA) is 69.8 Å². The number of carbonyl (C=O) groups is 1. The summed E-state index contributed by atoms with van der Waals surface area (Å²) in [6, 6.07) is 7.68. The van der Waals surface area contributed by atoms with Crippen LogP contribution in [0.15, 0.2) is 18.2 Å². The van der Waals surface area contributed by atoms with E-state index in [4.69, 9.17) is 0 Å². The van der Waals surface area contributed by atoms with Crippen LogP contribution in [0, 0.1) is 6.92 Å². The molecule has 4 rings (SSSR count). The number of nitrogens with one attached hydrogen (secondary N) is 3. The second-order valence-corrected chi connectivity index (χ2v) is 7.03. The summed E-state index contributed by atoms with van der Waals surface area (Å²) in [6.45, 7) is 2.06. The number of benzene rings is 1. The molecule has 5 nitrogen and oxygen atoms in total. The van der Waals surface area contributed by atoms with E-state index in [9.17, 15) is 4.79 Å². The number of para-hydroxylation sites is 1. The number of fused-ring (bicyclic) bond motifs is 3. The lowest BCUT2D eigenvalue weighted by Gasteiger charge is -2.29. The van der Waals surface area contributed by atoms with E-state index in [1.165, 1.54) is 18.4 Å². The summed E-state index contributed by atoms with van der Waals surface area (Å²) < 4.78 is 0. The van der Waals surface area contributed by atoms with Gasteiger partial charge in [-0.15, -0.1) is 0 Å². The quantitative estimate of drug-likeness (QED) is 0.810. The highest BCUT2D eigenvalue weighted by atomic mass is 16.1. The summed E-state index contributed by atoms with van der Waals surface area (Å²) in [4.78, 5) is 20.2. The SMILES string of the molecule is Cc1cccc2[nH]c(CCC(=O)NC3CC4CCC(C3)N4)nc12. The van der Waals surface area contributed by atoms with Crippen LogP contribution in [0.25, 0.3) is 11.0 Å². The molecule has 0 spiro atoms. The Bertz CT molecular complexity index is 711. The molecular weight excluding hydrogens is 288 g/mol. The molecule has 1 aromatic heterocycles. The van der Waals surface area contributed by atoms with Gasteiger partial charge in [0.1, 0.15) is 5.82 Å². The Labute approximate surface area is 136 Å². The van der Waals surface area contributed by atoms with E-state index in [-0.39, 0.29) is 5.91 Å². The van der Waals surface area contributed by atoms with Crippen molar-refractivity contribution in [1.29, 1.82) is 0 Å². The van der Waals surface area contributed by atoms with Crippen LogP contribution in [0.1, 0.15) is 43.5 Å². The van der Waals surface area contributed by atoms with E-state index in [0.29, 0.717) is 31.0 Å². The normalized spacial score (nSPS) is 26.6. The summed E-state index contributed by atoms with van der Waals surface area (Å²) in [5, 5.41) is 6.82. The van der Waals surface area contributed by atoms with E-state index in [1.807, 2.05) is 12.1 Å². The van der Waals surface area contributed by atoms with Crippen molar-refractivity contribution in [3.05, 3.63) is 29.6 Å². The third-order valence-electron chi connectivity index (χ3n) is 5.19. The minimum Gasteiger partial charge on any atom is -0.353 e. The van der Waals surface area contributed by atoms with Crippen LogP contribution < -0.4 is 10.6 Å². The Morgan fingerprint density at radius 2 is 2.09 bits per heavy atom. The molecule has 2 saturated heterocycles. The molecule has 2 aliphatic heterocycles. The maximum absolute atomic E-state index is 12.2. The molecule has 2 fully saturated rings. The van der Waals surface area contributed by atoms with Gasteiger partial charge in [-0.05, 0) is 44.2 Å². The highest BCUT2D eigenvalue weighted by molar-refractivity contribution is 5.79. The smallest absolute Gasteiger partial charge is 0.220 e. The number of carbonyl (C=O) groups excluding carboxylic acids is 1. The van der Waals surface area contributed by atoms with Gasteiger partial charge in [-0.2, -0.15) is 0 Å². The zero-order valence-electron chi connectivity index (χ0n) is 13.6. The van der Waals surface area contributed by atoms with Crippen molar-refractivity contribution in [2.24, 2.45) is 0 Å². The number of piperidine rings is 1. The van der Waals surface area contributed by atoms with E-state index >= 15 is 0 Å². The van der Waals surface area contributed by atoms with Crippen molar-refractivity contribution in [2.75, 3.05) is 0 Å². The molecule has 2 aromatic rings. The maximum Gasteiger partial charge on any atom is 0.220 e. The molecule has 1 amide bonds. The number of rotatable bonds is 4. The van der Waals surface area contributed by atoms with Gasteiger partial charge in [0.05, 0.1) is 11.0 Å². The molecule has 0 radical (unpaired) electrons. The lowest BCUT2D eigenvalue weighted by Crippen LogP contribution is -2.48. The molecule has 3 N–H and O–H groups in total. The van der Waals surface area contributed by atoms with Crippen LogP contribution in [0.4, 0.5) is 0 Å². The van der Waals surface area contributed by atoms with Crippen molar-refractivity contribution in [3.8, 4) is 0 Å². The van der Waals surface area contributed by atoms with E-state index in [2.05, 4.69) is 33.6 Å². The fourth-order valence-electron chi connectivity index (χ4n) is 4.05. The fraction of sp³-hybridized carbons (Fsp3) is 0.556. The van der Waals surface area contributed by atoms with Gasteiger partial charge in [0.25, 0.3) is 0 Å². The molecule has 23 heavy (non-hydrogen) atoms. The van der Waals surface area contributed by atoms with E-state index < -0.39 is 0 Å². The van der Waals surface area contributed by atoms with Gasteiger partial charge in [-0.25, -0.2) is 4.98 Å². The second-order valence-electron chi connectivity index (χ2n) is 7.03. The highest BCUT2D eigenvalue weighted by Gasteiger charge is 2.33. The summed E-state index contributed by atoms with van der Waals surface area (Å²) in [7, 11) is 0. The van der Waals surface area contributed by atoms with Gasteiger partial charge in [-0.3, -0.25) is 4.79 Å². The Hall–Kier alpha value is -1.88. The Kier molecular flexibility index (Phi) is 3.81. The molecule has 2 atom stereocenters. The predicted octanol–water partition coefficient (Wildman–Crippen LogP) is 2.20. The number of imidazole rings is 1. The monoisotopic (exact) mass is 312 g/mol. The van der Waals surface area contributed by atoms with Crippen molar-refractivity contribution in [2.45, 2.75) is 63.6 Å². The third-order valence-corrected chi connectivity index (χ3v) is 5.19. The molecule has 0 saturated carbocycles. The molecule has 1 aromatic carbocycles. The molecule has 5 heteroatoms. The van der Waals surface area contributed by atoms with Gasteiger partial charge in [-0.1, -0.05) is 12.1 Å². The second kappa shape index (κ2) is 5.96. The Morgan fingerprint density at radius 3 is 2.83 bits per heavy atom. The molecule has 2 bridgehead atoms. The van der Waals surface area contributed by atoms with Crippen LogP contribution in [0.3, 0.4) is 0 Å². The number of H-pyrrole nitrogens is 1. The van der Waals surface area contributed by atoms with Crippen LogP contribution in [-0.4, -0.2) is 34.0 Å². The average Bonchev–Trinajstić information content (AvgIpc) is 3.09. The molecule has 0 aliphatic carbocycles. The van der Waals surface area contributed by atoms with Gasteiger partial charge in [0.15, 0.2) is 0 Å². The first kappa shape index (κ1) is 14.7. The lowest BCUT2D eigenvalue weighted by atomic mass is 9.99. The minimum atomic E-state index is 0.147. The van der Waals surface area contributed by atoms with Crippen LogP contribution >= 0.6 is 0 Å². The van der Waals surface area contributed by atoms with Crippen molar-refractivity contribution in [3.63, 3.8) is 0 Å². The first-order valence-electron chi connectivity index (χ1n) is 8.67.